The molecule has 0 radical (unpaired) electrons. The van der Waals surface area contributed by atoms with E-state index < -0.39 is 22.0 Å². The van der Waals surface area contributed by atoms with Gasteiger partial charge in [-0.25, -0.2) is 8.42 Å². The van der Waals surface area contributed by atoms with Crippen LogP contribution < -0.4 is 9.62 Å². The zero-order chi connectivity index (χ0) is 19.4. The van der Waals surface area contributed by atoms with Gasteiger partial charge in [-0.2, -0.15) is 0 Å². The van der Waals surface area contributed by atoms with Crippen molar-refractivity contribution in [2.45, 2.75) is 18.9 Å². The van der Waals surface area contributed by atoms with Gasteiger partial charge in [0.15, 0.2) is 0 Å². The van der Waals surface area contributed by atoms with Crippen molar-refractivity contribution in [1.29, 1.82) is 0 Å². The lowest BCUT2D eigenvalue weighted by molar-refractivity contribution is 0.0916. The minimum Gasteiger partial charge on any atom is -0.394 e. The molecule has 3 rings (SSSR count). The highest BCUT2D eigenvalue weighted by Gasteiger charge is 2.27. The van der Waals surface area contributed by atoms with E-state index in [1.165, 1.54) is 16.4 Å². The summed E-state index contributed by atoms with van der Waals surface area (Å²) in [5.41, 5.74) is 1.46. The molecular formula is C19H21ClN2O4S. The van der Waals surface area contributed by atoms with E-state index in [0.717, 1.165) is 12.0 Å². The molecule has 1 fully saturated rings. The fourth-order valence-corrected chi connectivity index (χ4v) is 4.97. The third kappa shape index (κ3) is 4.43. The molecule has 0 saturated carbocycles. The van der Waals surface area contributed by atoms with Gasteiger partial charge in [-0.3, -0.25) is 9.10 Å². The second-order valence-electron chi connectivity index (χ2n) is 6.38. The van der Waals surface area contributed by atoms with Crippen LogP contribution in [-0.2, 0) is 10.0 Å². The molecule has 144 valence electrons. The van der Waals surface area contributed by atoms with Crippen LogP contribution in [-0.4, -0.2) is 38.3 Å². The number of anilines is 1. The van der Waals surface area contributed by atoms with E-state index in [4.69, 9.17) is 11.6 Å². The van der Waals surface area contributed by atoms with Crippen LogP contribution >= 0.6 is 11.6 Å². The van der Waals surface area contributed by atoms with Crippen LogP contribution in [0.4, 0.5) is 5.69 Å². The maximum atomic E-state index is 12.6. The number of aliphatic hydroxyl groups is 1. The third-order valence-corrected chi connectivity index (χ3v) is 6.71. The Bertz CT molecular complexity index is 919. The molecule has 1 aliphatic rings. The van der Waals surface area contributed by atoms with E-state index in [2.05, 4.69) is 5.32 Å². The molecule has 0 aliphatic carbocycles. The van der Waals surface area contributed by atoms with Crippen molar-refractivity contribution in [3.8, 4) is 0 Å². The molecule has 2 N–H and O–H groups in total. The Hall–Kier alpha value is -2.09. The van der Waals surface area contributed by atoms with Gasteiger partial charge in [-0.15, -0.1) is 0 Å². The Morgan fingerprint density at radius 1 is 1.19 bits per heavy atom. The van der Waals surface area contributed by atoms with Gasteiger partial charge in [-0.05, 0) is 36.6 Å². The maximum Gasteiger partial charge on any atom is 0.253 e. The highest BCUT2D eigenvalue weighted by atomic mass is 35.5. The fourth-order valence-electron chi connectivity index (χ4n) is 3.08. The summed E-state index contributed by atoms with van der Waals surface area (Å²) in [4.78, 5) is 12.6. The molecule has 1 amide bonds. The molecule has 1 aliphatic heterocycles. The third-order valence-electron chi connectivity index (χ3n) is 4.52. The fraction of sp³-hybridized carbons (Fsp3) is 0.316. The SMILES string of the molecule is O=C(NC(CO)c1ccccc1)c1ccc(N2CCCCS2(=O)=O)cc1Cl. The van der Waals surface area contributed by atoms with Gasteiger partial charge in [-0.1, -0.05) is 41.9 Å². The molecule has 8 heteroatoms. The molecule has 1 heterocycles. The predicted molar refractivity (Wildman–Crippen MR) is 106 cm³/mol. The molecule has 2 aromatic carbocycles. The van der Waals surface area contributed by atoms with Crippen LogP contribution in [0.2, 0.25) is 5.02 Å². The topological polar surface area (TPSA) is 86.7 Å². The number of hydrogen-bond donors (Lipinski definition) is 2. The number of nitrogens with one attached hydrogen (secondary N) is 1. The van der Waals surface area contributed by atoms with Gasteiger partial charge in [0.25, 0.3) is 5.91 Å². The highest BCUT2D eigenvalue weighted by molar-refractivity contribution is 7.92. The normalized spacial score (nSPS) is 17.3. The second kappa shape index (κ2) is 8.29. The molecular weight excluding hydrogens is 388 g/mol. The van der Waals surface area contributed by atoms with Crippen molar-refractivity contribution in [2.24, 2.45) is 0 Å². The summed E-state index contributed by atoms with van der Waals surface area (Å²) in [5, 5.41) is 12.5. The molecule has 1 unspecified atom stereocenters. The molecule has 2 aromatic rings. The molecule has 1 atom stereocenters. The van der Waals surface area contributed by atoms with Crippen molar-refractivity contribution in [3.63, 3.8) is 0 Å². The zero-order valence-corrected chi connectivity index (χ0v) is 16.2. The van der Waals surface area contributed by atoms with Crippen LogP contribution in [0.15, 0.2) is 48.5 Å². The number of halogens is 1. The smallest absolute Gasteiger partial charge is 0.253 e. The first-order valence-electron chi connectivity index (χ1n) is 8.69. The first-order chi connectivity index (χ1) is 12.9. The number of hydrogen-bond acceptors (Lipinski definition) is 4. The van der Waals surface area contributed by atoms with Crippen LogP contribution in [0.5, 0.6) is 0 Å². The summed E-state index contributed by atoms with van der Waals surface area (Å²) in [6.07, 6.45) is 1.43. The Labute approximate surface area is 163 Å². The van der Waals surface area contributed by atoms with Crippen LogP contribution in [0, 0.1) is 0 Å². The Morgan fingerprint density at radius 2 is 1.93 bits per heavy atom. The maximum absolute atomic E-state index is 12.6. The van der Waals surface area contributed by atoms with Gasteiger partial charge in [0.1, 0.15) is 0 Å². The van der Waals surface area contributed by atoms with E-state index in [0.29, 0.717) is 18.7 Å². The van der Waals surface area contributed by atoms with Crippen molar-refractivity contribution in [2.75, 3.05) is 23.2 Å². The number of aliphatic hydroxyl groups excluding tert-OH is 1. The number of rotatable bonds is 5. The minimum atomic E-state index is -3.34. The summed E-state index contributed by atoms with van der Waals surface area (Å²) < 4.78 is 25.8. The number of benzene rings is 2. The van der Waals surface area contributed by atoms with Crippen molar-refractivity contribution in [1.82, 2.24) is 5.32 Å². The van der Waals surface area contributed by atoms with Gasteiger partial charge < -0.3 is 10.4 Å². The lowest BCUT2D eigenvalue weighted by Gasteiger charge is -2.28. The second-order valence-corrected chi connectivity index (χ2v) is 8.80. The minimum absolute atomic E-state index is 0.113. The largest absolute Gasteiger partial charge is 0.394 e. The molecule has 0 bridgehead atoms. The summed E-state index contributed by atoms with van der Waals surface area (Å²) in [7, 11) is -3.34. The van der Waals surface area contributed by atoms with Crippen molar-refractivity contribution >= 4 is 33.2 Å². The highest BCUT2D eigenvalue weighted by Crippen LogP contribution is 2.28. The Balaban J connectivity index is 1.80. The van der Waals surface area contributed by atoms with Gasteiger partial charge >= 0.3 is 0 Å². The summed E-state index contributed by atoms with van der Waals surface area (Å²) in [5.74, 6) is -0.321. The van der Waals surface area contributed by atoms with Crippen LogP contribution in [0.3, 0.4) is 0 Å². The van der Waals surface area contributed by atoms with Crippen molar-refractivity contribution in [3.05, 3.63) is 64.7 Å². The van der Waals surface area contributed by atoms with E-state index >= 15 is 0 Å². The van der Waals surface area contributed by atoms with Crippen LogP contribution in [0.1, 0.15) is 34.8 Å². The molecule has 6 nitrogen and oxygen atoms in total. The summed E-state index contributed by atoms with van der Waals surface area (Å²) in [6.45, 7) is 0.155. The van der Waals surface area contributed by atoms with Gasteiger partial charge in [0.05, 0.1) is 34.7 Å². The standard InChI is InChI=1S/C19H21ClN2O4S/c20-17-12-15(22-10-4-5-11-27(22,25)26)8-9-16(17)19(24)21-18(13-23)14-6-2-1-3-7-14/h1-3,6-9,12,18,23H,4-5,10-11,13H2,(H,21,24). The zero-order valence-electron chi connectivity index (χ0n) is 14.6. The number of carbonyl (C=O) groups excluding carboxylic acids is 1. The number of nitrogens with zero attached hydrogens (tertiary/aromatic N) is 1. The monoisotopic (exact) mass is 408 g/mol. The summed E-state index contributed by atoms with van der Waals surface area (Å²) >= 11 is 6.26. The van der Waals surface area contributed by atoms with E-state index in [9.17, 15) is 18.3 Å². The number of amides is 1. The Kier molecular flexibility index (Phi) is 6.04. The number of sulfonamides is 1. The van der Waals surface area contributed by atoms with Gasteiger partial charge in [0, 0.05) is 6.54 Å². The van der Waals surface area contributed by atoms with Gasteiger partial charge in [0.2, 0.25) is 10.0 Å². The summed E-state index contributed by atoms with van der Waals surface area (Å²) in [6, 6.07) is 13.2. The molecule has 1 saturated heterocycles. The lowest BCUT2D eigenvalue weighted by Crippen LogP contribution is -2.38. The first kappa shape index (κ1) is 19.7. The van der Waals surface area contributed by atoms with Crippen LogP contribution in [0.25, 0.3) is 0 Å². The molecule has 0 spiro atoms. The average molecular weight is 409 g/mol. The molecule has 0 aromatic heterocycles. The first-order valence-corrected chi connectivity index (χ1v) is 10.7. The van der Waals surface area contributed by atoms with E-state index in [1.54, 1.807) is 6.07 Å². The van der Waals surface area contributed by atoms with Crippen molar-refractivity contribution < 1.29 is 18.3 Å². The Morgan fingerprint density at radius 3 is 2.56 bits per heavy atom. The molecule has 27 heavy (non-hydrogen) atoms. The number of carbonyl (C=O) groups is 1. The van der Waals surface area contributed by atoms with E-state index in [-0.39, 0.29) is 22.9 Å². The predicted octanol–water partition coefficient (Wildman–Crippen LogP) is 2.73. The average Bonchev–Trinajstić information content (AvgIpc) is 2.66. The lowest BCUT2D eigenvalue weighted by atomic mass is 10.1. The van der Waals surface area contributed by atoms with E-state index in [1.807, 2.05) is 30.3 Å². The quantitative estimate of drug-likeness (QED) is 0.796.